The number of allylic oxidation sites excluding steroid dienone is 1. The molecule has 19 heavy (non-hydrogen) atoms. The van der Waals surface area contributed by atoms with E-state index in [1.54, 1.807) is 37.5 Å². The summed E-state index contributed by atoms with van der Waals surface area (Å²) >= 11 is 0. The van der Waals surface area contributed by atoms with Gasteiger partial charge in [0.2, 0.25) is 0 Å². The molecule has 1 aromatic rings. The summed E-state index contributed by atoms with van der Waals surface area (Å²) in [6.45, 7) is 2.37. The Hall–Kier alpha value is -1.49. The van der Waals surface area contributed by atoms with Crippen LogP contribution in [-0.4, -0.2) is 26.8 Å². The predicted octanol–water partition coefficient (Wildman–Crippen LogP) is 2.58. The van der Waals surface area contributed by atoms with E-state index in [4.69, 9.17) is 4.74 Å². The Morgan fingerprint density at radius 1 is 1.32 bits per heavy atom. The van der Waals surface area contributed by atoms with Gasteiger partial charge >= 0.3 is 0 Å². The molecule has 0 fully saturated rings. The molecule has 5 heteroatoms. The van der Waals surface area contributed by atoms with Crippen molar-refractivity contribution in [3.8, 4) is 0 Å². The van der Waals surface area contributed by atoms with Crippen LogP contribution in [0.3, 0.4) is 0 Å². The lowest BCUT2D eigenvalue weighted by Crippen LogP contribution is -2.22. The number of anilines is 1. The average molecular weight is 281 g/mol. The molecular formula is C14H19NO3S. The molecule has 1 aliphatic heterocycles. The normalized spacial score (nSPS) is 18.9. The van der Waals surface area contributed by atoms with Crippen molar-refractivity contribution in [1.29, 1.82) is 0 Å². The number of sulfone groups is 1. The van der Waals surface area contributed by atoms with Gasteiger partial charge in [0.05, 0.1) is 23.5 Å². The largest absolute Gasteiger partial charge is 0.497 e. The Morgan fingerprint density at radius 2 is 2.05 bits per heavy atom. The van der Waals surface area contributed by atoms with Crippen molar-refractivity contribution in [3.05, 3.63) is 36.6 Å². The molecule has 1 aromatic carbocycles. The highest BCUT2D eigenvalue weighted by Crippen LogP contribution is 2.16. The first kappa shape index (κ1) is 13.9. The van der Waals surface area contributed by atoms with Crippen LogP contribution in [0.25, 0.3) is 0 Å². The summed E-state index contributed by atoms with van der Waals surface area (Å²) in [7, 11) is -3.11. The van der Waals surface area contributed by atoms with Crippen LogP contribution in [0.5, 0.6) is 0 Å². The van der Waals surface area contributed by atoms with Crippen molar-refractivity contribution in [2.45, 2.75) is 30.8 Å². The molecular weight excluding hydrogens is 262 g/mol. The molecule has 0 spiro atoms. The maximum atomic E-state index is 11.7. The smallest absolute Gasteiger partial charge is 0.178 e. The lowest BCUT2D eigenvalue weighted by Gasteiger charge is -2.20. The summed E-state index contributed by atoms with van der Waals surface area (Å²) in [6.07, 6.45) is 5.99. The topological polar surface area (TPSA) is 55.4 Å². The van der Waals surface area contributed by atoms with Crippen LogP contribution < -0.4 is 5.32 Å². The maximum absolute atomic E-state index is 11.7. The molecule has 1 heterocycles. The van der Waals surface area contributed by atoms with E-state index in [2.05, 4.69) is 5.32 Å². The number of rotatable bonds is 5. The highest BCUT2D eigenvalue weighted by atomic mass is 32.2. The highest BCUT2D eigenvalue weighted by molar-refractivity contribution is 7.91. The van der Waals surface area contributed by atoms with E-state index >= 15 is 0 Å². The van der Waals surface area contributed by atoms with Crippen molar-refractivity contribution < 1.29 is 13.2 Å². The van der Waals surface area contributed by atoms with Gasteiger partial charge in [-0.2, -0.15) is 0 Å². The van der Waals surface area contributed by atoms with E-state index in [0.29, 0.717) is 4.90 Å². The van der Waals surface area contributed by atoms with E-state index in [0.717, 1.165) is 25.1 Å². The average Bonchev–Trinajstić information content (AvgIpc) is 2.47. The summed E-state index contributed by atoms with van der Waals surface area (Å²) in [5.41, 5.74) is 0.910. The maximum Gasteiger partial charge on any atom is 0.178 e. The van der Waals surface area contributed by atoms with E-state index < -0.39 is 9.84 Å². The Bertz CT molecular complexity index is 534. The zero-order valence-electron chi connectivity index (χ0n) is 11.0. The van der Waals surface area contributed by atoms with Gasteiger partial charge in [0, 0.05) is 5.69 Å². The summed E-state index contributed by atoms with van der Waals surface area (Å²) in [5.74, 6) is 0.127. The third-order valence-electron chi connectivity index (χ3n) is 3.15. The van der Waals surface area contributed by atoms with Gasteiger partial charge in [0.1, 0.15) is 6.10 Å². The first-order valence-electron chi connectivity index (χ1n) is 6.49. The van der Waals surface area contributed by atoms with Crippen LogP contribution in [0.2, 0.25) is 0 Å². The zero-order chi connectivity index (χ0) is 13.7. The minimum Gasteiger partial charge on any atom is -0.497 e. The molecule has 4 nitrogen and oxygen atoms in total. The fourth-order valence-electron chi connectivity index (χ4n) is 1.91. The second-order valence-electron chi connectivity index (χ2n) is 4.52. The van der Waals surface area contributed by atoms with Crippen molar-refractivity contribution in [1.82, 2.24) is 0 Å². The quantitative estimate of drug-likeness (QED) is 0.901. The van der Waals surface area contributed by atoms with Gasteiger partial charge in [-0.15, -0.1) is 0 Å². The van der Waals surface area contributed by atoms with Crippen molar-refractivity contribution in [2.75, 3.05) is 17.6 Å². The number of hydrogen-bond donors (Lipinski definition) is 1. The predicted molar refractivity (Wildman–Crippen MR) is 75.9 cm³/mol. The van der Waals surface area contributed by atoms with Gasteiger partial charge in [-0.25, -0.2) is 8.42 Å². The second kappa shape index (κ2) is 6.10. The minimum atomic E-state index is -3.11. The number of ether oxygens (including phenoxy) is 1. The van der Waals surface area contributed by atoms with Gasteiger partial charge in [-0.3, -0.25) is 0 Å². The van der Waals surface area contributed by atoms with Crippen molar-refractivity contribution in [2.24, 2.45) is 0 Å². The Morgan fingerprint density at radius 3 is 2.63 bits per heavy atom. The minimum absolute atomic E-state index is 0.127. The number of nitrogens with one attached hydrogen (secondary N) is 1. The molecule has 1 aliphatic rings. The van der Waals surface area contributed by atoms with Crippen LogP contribution in [0.4, 0.5) is 5.69 Å². The van der Waals surface area contributed by atoms with Crippen LogP contribution in [-0.2, 0) is 14.6 Å². The summed E-state index contributed by atoms with van der Waals surface area (Å²) in [6, 6.07) is 6.87. The van der Waals surface area contributed by atoms with Crippen LogP contribution in [0.1, 0.15) is 19.8 Å². The van der Waals surface area contributed by atoms with E-state index in [1.807, 2.05) is 6.08 Å². The summed E-state index contributed by atoms with van der Waals surface area (Å²) in [4.78, 5) is 0.373. The van der Waals surface area contributed by atoms with Gasteiger partial charge in [-0.1, -0.05) is 6.92 Å². The fourth-order valence-corrected chi connectivity index (χ4v) is 2.80. The molecule has 1 N–H and O–H groups in total. The summed E-state index contributed by atoms with van der Waals surface area (Å²) < 4.78 is 28.8. The Kier molecular flexibility index (Phi) is 4.47. The molecule has 104 valence electrons. The van der Waals surface area contributed by atoms with Crippen molar-refractivity contribution >= 4 is 15.5 Å². The van der Waals surface area contributed by atoms with Gasteiger partial charge in [0.25, 0.3) is 0 Å². The SMILES string of the molecule is CCS(=O)(=O)c1ccc(NCC2CCC=CO2)cc1. The van der Waals surface area contributed by atoms with Crippen LogP contribution >= 0.6 is 0 Å². The molecule has 0 saturated carbocycles. The molecule has 2 rings (SSSR count). The lowest BCUT2D eigenvalue weighted by molar-refractivity contribution is 0.135. The molecule has 1 atom stereocenters. The second-order valence-corrected chi connectivity index (χ2v) is 6.79. The third kappa shape index (κ3) is 3.73. The third-order valence-corrected chi connectivity index (χ3v) is 4.90. The zero-order valence-corrected chi connectivity index (χ0v) is 11.8. The highest BCUT2D eigenvalue weighted by Gasteiger charge is 2.12. The molecule has 0 amide bonds. The molecule has 0 aromatic heterocycles. The molecule has 0 bridgehead atoms. The summed E-state index contributed by atoms with van der Waals surface area (Å²) in [5, 5.41) is 3.26. The van der Waals surface area contributed by atoms with Gasteiger partial charge in [-0.05, 0) is 43.2 Å². The lowest BCUT2D eigenvalue weighted by atomic mass is 10.1. The first-order chi connectivity index (χ1) is 9.12. The Labute approximate surface area is 114 Å². The fraction of sp³-hybridized carbons (Fsp3) is 0.429. The number of hydrogen-bond acceptors (Lipinski definition) is 4. The van der Waals surface area contributed by atoms with Crippen molar-refractivity contribution in [3.63, 3.8) is 0 Å². The molecule has 0 radical (unpaired) electrons. The molecule has 0 aliphatic carbocycles. The van der Waals surface area contributed by atoms with E-state index in [1.165, 1.54) is 0 Å². The van der Waals surface area contributed by atoms with E-state index in [9.17, 15) is 8.42 Å². The van der Waals surface area contributed by atoms with Crippen LogP contribution in [0.15, 0.2) is 41.5 Å². The first-order valence-corrected chi connectivity index (χ1v) is 8.14. The van der Waals surface area contributed by atoms with Gasteiger partial charge in [0.15, 0.2) is 9.84 Å². The van der Waals surface area contributed by atoms with Gasteiger partial charge < -0.3 is 10.1 Å². The van der Waals surface area contributed by atoms with Crippen LogP contribution in [0, 0.1) is 0 Å². The standard InChI is InChI=1S/C14H19NO3S/c1-2-19(16,17)14-8-6-12(7-9-14)15-11-13-5-3-4-10-18-13/h4,6-10,13,15H,2-3,5,11H2,1H3. The van der Waals surface area contributed by atoms with E-state index in [-0.39, 0.29) is 11.9 Å². The molecule has 0 saturated heterocycles. The molecule has 1 unspecified atom stereocenters. The Balaban J connectivity index is 1.93. The monoisotopic (exact) mass is 281 g/mol. The number of benzene rings is 1.